The van der Waals surface area contributed by atoms with Gasteiger partial charge in [-0.15, -0.1) is 0 Å². The van der Waals surface area contributed by atoms with E-state index in [1.54, 1.807) is 0 Å². The summed E-state index contributed by atoms with van der Waals surface area (Å²) in [7, 11) is 0. The van der Waals surface area contributed by atoms with Crippen LogP contribution in [-0.4, -0.2) is 34.0 Å². The van der Waals surface area contributed by atoms with Crippen LogP contribution < -0.4 is 0 Å². The summed E-state index contributed by atoms with van der Waals surface area (Å²) in [6.45, 7) is 3.46. The highest BCUT2D eigenvalue weighted by Gasteiger charge is 2.33. The Morgan fingerprint density at radius 2 is 2.17 bits per heavy atom. The molecule has 1 aromatic rings. The number of carbonyl (C=O) groups excluding carboxylic acids is 1. The van der Waals surface area contributed by atoms with Crippen molar-refractivity contribution in [3.05, 3.63) is 11.7 Å². The molecule has 2 heterocycles. The Balaban J connectivity index is 1.66. The fraction of sp³-hybridized carbons (Fsp3) is 0.769. The van der Waals surface area contributed by atoms with Crippen molar-refractivity contribution >= 4 is 5.91 Å². The van der Waals surface area contributed by atoms with E-state index < -0.39 is 0 Å². The van der Waals surface area contributed by atoms with E-state index in [4.69, 9.17) is 4.52 Å². The monoisotopic (exact) mass is 249 g/mol. The Morgan fingerprint density at radius 3 is 2.78 bits per heavy atom. The summed E-state index contributed by atoms with van der Waals surface area (Å²) in [5.41, 5.74) is 0. The molecule has 0 radical (unpaired) electrons. The Kier molecular flexibility index (Phi) is 3.06. The maximum absolute atomic E-state index is 12.2. The predicted molar refractivity (Wildman–Crippen MR) is 64.9 cm³/mol. The van der Waals surface area contributed by atoms with Gasteiger partial charge in [-0.05, 0) is 32.6 Å². The van der Waals surface area contributed by atoms with Gasteiger partial charge in [0.25, 0.3) is 0 Å². The summed E-state index contributed by atoms with van der Waals surface area (Å²) in [6, 6.07) is 0. The van der Waals surface area contributed by atoms with Gasteiger partial charge in [-0.3, -0.25) is 4.79 Å². The first-order chi connectivity index (χ1) is 8.74. The van der Waals surface area contributed by atoms with Gasteiger partial charge in [-0.25, -0.2) is 0 Å². The average molecular weight is 249 g/mol. The third-order valence-electron chi connectivity index (χ3n) is 4.08. The largest absolute Gasteiger partial charge is 0.342 e. The Labute approximate surface area is 107 Å². The molecule has 0 bridgehead atoms. The molecule has 5 nitrogen and oxygen atoms in total. The average Bonchev–Trinajstić information content (AvgIpc) is 2.74. The lowest BCUT2D eigenvalue weighted by atomic mass is 9.83. The summed E-state index contributed by atoms with van der Waals surface area (Å²) in [5, 5.41) is 3.83. The van der Waals surface area contributed by atoms with E-state index in [0.717, 1.165) is 38.8 Å². The topological polar surface area (TPSA) is 59.2 Å². The second-order valence-electron chi connectivity index (χ2n) is 5.43. The molecule has 1 aliphatic carbocycles. The van der Waals surface area contributed by atoms with Gasteiger partial charge in [-0.1, -0.05) is 11.6 Å². The van der Waals surface area contributed by atoms with Crippen LogP contribution in [0.1, 0.15) is 49.7 Å². The molecular weight excluding hydrogens is 230 g/mol. The third-order valence-corrected chi connectivity index (χ3v) is 4.08. The summed E-state index contributed by atoms with van der Waals surface area (Å²) >= 11 is 0. The van der Waals surface area contributed by atoms with Crippen molar-refractivity contribution in [1.82, 2.24) is 15.0 Å². The highest BCUT2D eigenvalue weighted by Crippen LogP contribution is 2.32. The van der Waals surface area contributed by atoms with Crippen LogP contribution in [0.5, 0.6) is 0 Å². The number of rotatable bonds is 2. The minimum absolute atomic E-state index is 0.226. The van der Waals surface area contributed by atoms with E-state index in [0.29, 0.717) is 17.6 Å². The van der Waals surface area contributed by atoms with Crippen LogP contribution >= 0.6 is 0 Å². The van der Waals surface area contributed by atoms with Gasteiger partial charge in [0.05, 0.1) is 5.92 Å². The number of hydrogen-bond acceptors (Lipinski definition) is 4. The number of piperidine rings is 1. The molecule has 2 aliphatic rings. The molecule has 98 valence electrons. The maximum atomic E-state index is 12.2. The normalized spacial score (nSPS) is 24.9. The molecule has 1 amide bonds. The van der Waals surface area contributed by atoms with E-state index in [2.05, 4.69) is 10.1 Å². The van der Waals surface area contributed by atoms with Crippen molar-refractivity contribution in [2.24, 2.45) is 5.92 Å². The number of nitrogens with zero attached hydrogens (tertiary/aromatic N) is 3. The summed E-state index contributed by atoms with van der Waals surface area (Å²) in [6.07, 6.45) is 5.41. The van der Waals surface area contributed by atoms with Gasteiger partial charge < -0.3 is 9.42 Å². The Morgan fingerprint density at radius 1 is 1.33 bits per heavy atom. The lowest BCUT2D eigenvalue weighted by Crippen LogP contribution is -2.44. The van der Waals surface area contributed by atoms with Crippen LogP contribution in [0.3, 0.4) is 0 Å². The summed E-state index contributed by atoms with van der Waals surface area (Å²) in [4.78, 5) is 18.5. The minimum Gasteiger partial charge on any atom is -0.342 e. The van der Waals surface area contributed by atoms with Crippen LogP contribution in [0.4, 0.5) is 0 Å². The van der Waals surface area contributed by atoms with Crippen molar-refractivity contribution in [3.8, 4) is 0 Å². The molecule has 2 fully saturated rings. The molecule has 1 saturated carbocycles. The Bertz CT molecular complexity index is 439. The molecule has 0 spiro atoms. The van der Waals surface area contributed by atoms with Crippen LogP contribution in [0.2, 0.25) is 0 Å². The van der Waals surface area contributed by atoms with Crippen molar-refractivity contribution in [2.75, 3.05) is 13.1 Å². The Hall–Kier alpha value is -1.39. The first kappa shape index (κ1) is 11.7. The SMILES string of the molecule is Cc1noc([C@H]2CCCN(C(=O)C3CCC3)C2)n1. The number of likely N-dealkylation sites (tertiary alicyclic amines) is 1. The molecule has 1 aliphatic heterocycles. The van der Waals surface area contributed by atoms with Gasteiger partial charge in [0.15, 0.2) is 5.82 Å². The van der Waals surface area contributed by atoms with Gasteiger partial charge in [0.1, 0.15) is 0 Å². The number of carbonyl (C=O) groups is 1. The van der Waals surface area contributed by atoms with Crippen LogP contribution in [0.15, 0.2) is 4.52 Å². The molecule has 18 heavy (non-hydrogen) atoms. The minimum atomic E-state index is 0.226. The number of hydrogen-bond donors (Lipinski definition) is 0. The van der Waals surface area contributed by atoms with Gasteiger partial charge in [-0.2, -0.15) is 4.98 Å². The van der Waals surface area contributed by atoms with Crippen molar-refractivity contribution in [3.63, 3.8) is 0 Å². The third kappa shape index (κ3) is 2.13. The maximum Gasteiger partial charge on any atom is 0.231 e. The van der Waals surface area contributed by atoms with E-state index >= 15 is 0 Å². The van der Waals surface area contributed by atoms with E-state index in [1.807, 2.05) is 11.8 Å². The van der Waals surface area contributed by atoms with E-state index in [1.165, 1.54) is 6.42 Å². The van der Waals surface area contributed by atoms with E-state index in [-0.39, 0.29) is 11.8 Å². The second-order valence-corrected chi connectivity index (χ2v) is 5.43. The number of aromatic nitrogens is 2. The molecule has 0 N–H and O–H groups in total. The molecule has 3 rings (SSSR count). The molecule has 0 aromatic carbocycles. The van der Waals surface area contributed by atoms with Crippen molar-refractivity contribution in [2.45, 2.75) is 44.9 Å². The molecule has 1 atom stereocenters. The number of aryl methyl sites for hydroxylation is 1. The van der Waals surface area contributed by atoms with Crippen molar-refractivity contribution < 1.29 is 9.32 Å². The molecule has 1 saturated heterocycles. The highest BCUT2D eigenvalue weighted by atomic mass is 16.5. The first-order valence-corrected chi connectivity index (χ1v) is 6.83. The molecule has 1 aromatic heterocycles. The van der Waals surface area contributed by atoms with Gasteiger partial charge in [0.2, 0.25) is 11.8 Å². The van der Waals surface area contributed by atoms with Crippen LogP contribution in [0, 0.1) is 12.8 Å². The molecular formula is C13H19N3O2. The highest BCUT2D eigenvalue weighted by molar-refractivity contribution is 5.79. The van der Waals surface area contributed by atoms with Gasteiger partial charge >= 0.3 is 0 Å². The summed E-state index contributed by atoms with van der Waals surface area (Å²) < 4.78 is 5.23. The second kappa shape index (κ2) is 4.71. The molecule has 5 heteroatoms. The quantitative estimate of drug-likeness (QED) is 0.803. The first-order valence-electron chi connectivity index (χ1n) is 6.83. The zero-order valence-corrected chi connectivity index (χ0v) is 10.8. The smallest absolute Gasteiger partial charge is 0.231 e. The standard InChI is InChI=1S/C13H19N3O2/c1-9-14-12(18-15-9)11-6-3-7-16(8-11)13(17)10-4-2-5-10/h10-11H,2-8H2,1H3/t11-/m0/s1. The van der Waals surface area contributed by atoms with E-state index in [9.17, 15) is 4.79 Å². The number of amides is 1. The molecule has 0 unspecified atom stereocenters. The van der Waals surface area contributed by atoms with Crippen LogP contribution in [-0.2, 0) is 4.79 Å². The zero-order chi connectivity index (χ0) is 12.5. The lowest BCUT2D eigenvalue weighted by molar-refractivity contribution is -0.139. The van der Waals surface area contributed by atoms with Crippen molar-refractivity contribution in [1.29, 1.82) is 0 Å². The van der Waals surface area contributed by atoms with Crippen LogP contribution in [0.25, 0.3) is 0 Å². The fourth-order valence-electron chi connectivity index (χ4n) is 2.77. The lowest BCUT2D eigenvalue weighted by Gasteiger charge is -2.36. The fourth-order valence-corrected chi connectivity index (χ4v) is 2.77. The van der Waals surface area contributed by atoms with Gasteiger partial charge in [0, 0.05) is 19.0 Å². The zero-order valence-electron chi connectivity index (χ0n) is 10.8. The summed E-state index contributed by atoms with van der Waals surface area (Å²) in [5.74, 6) is 2.21. The predicted octanol–water partition coefficient (Wildman–Crippen LogP) is 1.88.